The molecule has 0 fully saturated rings. The molecule has 0 bridgehead atoms. The van der Waals surface area contributed by atoms with Gasteiger partial charge in [0.25, 0.3) is 0 Å². The Kier molecular flexibility index (Phi) is 3.02. The predicted molar refractivity (Wildman–Crippen MR) is 63.5 cm³/mol. The van der Waals surface area contributed by atoms with Gasteiger partial charge in [0.2, 0.25) is 0 Å². The van der Waals surface area contributed by atoms with Gasteiger partial charge in [0, 0.05) is 10.9 Å². The molecule has 1 aromatic carbocycles. The van der Waals surface area contributed by atoms with E-state index in [1.54, 1.807) is 11.3 Å². The van der Waals surface area contributed by atoms with E-state index >= 15 is 0 Å². The minimum absolute atomic E-state index is 0.681. The highest BCUT2D eigenvalue weighted by atomic mass is 32.1. The summed E-state index contributed by atoms with van der Waals surface area (Å²) in [6, 6.07) is 8.01. The summed E-state index contributed by atoms with van der Waals surface area (Å²) < 4.78 is 5.57. The number of thiazole rings is 1. The zero-order valence-corrected chi connectivity index (χ0v) is 9.67. The molecular weight excluding hydrogens is 206 g/mol. The molecule has 0 aliphatic heterocycles. The normalized spacial score (nSPS) is 10.3. The molecule has 2 aromatic rings. The van der Waals surface area contributed by atoms with Crippen LogP contribution in [0.2, 0.25) is 0 Å². The SMILES string of the molecule is CCOc1ccccc1-c1csc(C)n1. The summed E-state index contributed by atoms with van der Waals surface area (Å²) in [5, 5.41) is 3.14. The van der Waals surface area contributed by atoms with Crippen LogP contribution in [0.25, 0.3) is 11.3 Å². The number of rotatable bonds is 3. The number of aryl methyl sites for hydroxylation is 1. The molecular formula is C12H13NOS. The minimum atomic E-state index is 0.681. The molecule has 78 valence electrons. The molecule has 3 heteroatoms. The summed E-state index contributed by atoms with van der Waals surface area (Å²) in [4.78, 5) is 4.46. The maximum absolute atomic E-state index is 5.57. The van der Waals surface area contributed by atoms with Gasteiger partial charge in [-0.1, -0.05) is 12.1 Å². The standard InChI is InChI=1S/C12H13NOS/c1-3-14-12-7-5-4-6-10(12)11-8-15-9(2)13-11/h4-8H,3H2,1-2H3. The van der Waals surface area contributed by atoms with Crippen molar-refractivity contribution in [2.75, 3.05) is 6.61 Å². The van der Waals surface area contributed by atoms with Gasteiger partial charge in [0.1, 0.15) is 5.75 Å². The van der Waals surface area contributed by atoms with Gasteiger partial charge >= 0.3 is 0 Å². The Morgan fingerprint density at radius 2 is 2.13 bits per heavy atom. The number of benzene rings is 1. The fourth-order valence-electron chi connectivity index (χ4n) is 1.45. The second-order valence-corrected chi connectivity index (χ2v) is 4.24. The lowest BCUT2D eigenvalue weighted by atomic mass is 10.1. The largest absolute Gasteiger partial charge is 0.493 e. The number of hydrogen-bond donors (Lipinski definition) is 0. The van der Waals surface area contributed by atoms with E-state index in [0.29, 0.717) is 6.61 Å². The van der Waals surface area contributed by atoms with E-state index < -0.39 is 0 Å². The van der Waals surface area contributed by atoms with E-state index in [9.17, 15) is 0 Å². The van der Waals surface area contributed by atoms with Crippen molar-refractivity contribution in [1.29, 1.82) is 0 Å². The van der Waals surface area contributed by atoms with Crippen molar-refractivity contribution in [2.24, 2.45) is 0 Å². The summed E-state index contributed by atoms with van der Waals surface area (Å²) in [5.74, 6) is 0.908. The number of nitrogens with zero attached hydrogens (tertiary/aromatic N) is 1. The fourth-order valence-corrected chi connectivity index (χ4v) is 2.06. The van der Waals surface area contributed by atoms with Gasteiger partial charge in [-0.3, -0.25) is 0 Å². The van der Waals surface area contributed by atoms with Crippen LogP contribution >= 0.6 is 11.3 Å². The molecule has 2 rings (SSSR count). The average molecular weight is 219 g/mol. The van der Waals surface area contributed by atoms with Gasteiger partial charge in [-0.05, 0) is 26.0 Å². The first kappa shape index (κ1) is 10.2. The van der Waals surface area contributed by atoms with E-state index in [-0.39, 0.29) is 0 Å². The van der Waals surface area contributed by atoms with Gasteiger partial charge < -0.3 is 4.74 Å². The number of ether oxygens (including phenoxy) is 1. The third-order valence-electron chi connectivity index (χ3n) is 2.08. The van der Waals surface area contributed by atoms with Crippen molar-refractivity contribution in [3.8, 4) is 17.0 Å². The number of hydrogen-bond acceptors (Lipinski definition) is 3. The van der Waals surface area contributed by atoms with Crippen molar-refractivity contribution in [2.45, 2.75) is 13.8 Å². The van der Waals surface area contributed by atoms with Crippen LogP contribution in [0, 0.1) is 6.92 Å². The van der Waals surface area contributed by atoms with Crippen molar-refractivity contribution in [3.05, 3.63) is 34.7 Å². The first-order valence-corrected chi connectivity index (χ1v) is 5.83. The first-order chi connectivity index (χ1) is 7.31. The summed E-state index contributed by atoms with van der Waals surface area (Å²) in [6.07, 6.45) is 0. The molecule has 0 saturated carbocycles. The topological polar surface area (TPSA) is 22.1 Å². The lowest BCUT2D eigenvalue weighted by Crippen LogP contribution is -1.93. The van der Waals surface area contributed by atoms with Crippen LogP contribution in [0.1, 0.15) is 11.9 Å². The highest BCUT2D eigenvalue weighted by molar-refractivity contribution is 7.09. The zero-order chi connectivity index (χ0) is 10.7. The molecule has 15 heavy (non-hydrogen) atoms. The summed E-state index contributed by atoms with van der Waals surface area (Å²) in [7, 11) is 0. The molecule has 1 aromatic heterocycles. The van der Waals surface area contributed by atoms with Crippen LogP contribution < -0.4 is 4.74 Å². The van der Waals surface area contributed by atoms with E-state index in [2.05, 4.69) is 10.4 Å². The first-order valence-electron chi connectivity index (χ1n) is 4.95. The van der Waals surface area contributed by atoms with Gasteiger partial charge in [-0.15, -0.1) is 11.3 Å². The Bertz CT molecular complexity index is 450. The van der Waals surface area contributed by atoms with Crippen molar-refractivity contribution >= 4 is 11.3 Å². The van der Waals surface area contributed by atoms with Crippen LogP contribution in [0.15, 0.2) is 29.6 Å². The molecule has 0 saturated heterocycles. The summed E-state index contributed by atoms with van der Waals surface area (Å²) >= 11 is 1.66. The molecule has 0 amide bonds. The summed E-state index contributed by atoms with van der Waals surface area (Å²) in [6.45, 7) is 4.68. The third-order valence-corrected chi connectivity index (χ3v) is 2.86. The number of aromatic nitrogens is 1. The Balaban J connectivity index is 2.42. The second kappa shape index (κ2) is 4.45. The molecule has 2 nitrogen and oxygen atoms in total. The van der Waals surface area contributed by atoms with Crippen LogP contribution in [-0.2, 0) is 0 Å². The molecule has 0 N–H and O–H groups in total. The smallest absolute Gasteiger partial charge is 0.128 e. The average Bonchev–Trinajstić information content (AvgIpc) is 2.66. The third kappa shape index (κ3) is 2.18. The summed E-state index contributed by atoms with van der Waals surface area (Å²) in [5.41, 5.74) is 2.07. The van der Waals surface area contributed by atoms with Gasteiger partial charge in [0.05, 0.1) is 17.3 Å². The predicted octanol–water partition coefficient (Wildman–Crippen LogP) is 3.52. The molecule has 0 spiro atoms. The molecule has 1 heterocycles. The van der Waals surface area contributed by atoms with Gasteiger partial charge in [0.15, 0.2) is 0 Å². The Morgan fingerprint density at radius 3 is 2.80 bits per heavy atom. The molecule has 0 radical (unpaired) electrons. The molecule has 0 unspecified atom stereocenters. The Labute approximate surface area is 93.6 Å². The van der Waals surface area contributed by atoms with Gasteiger partial charge in [-0.25, -0.2) is 4.98 Å². The lowest BCUT2D eigenvalue weighted by Gasteiger charge is -2.07. The Morgan fingerprint density at radius 1 is 1.33 bits per heavy atom. The minimum Gasteiger partial charge on any atom is -0.493 e. The zero-order valence-electron chi connectivity index (χ0n) is 8.86. The Hall–Kier alpha value is -1.35. The molecule has 0 aliphatic carbocycles. The van der Waals surface area contributed by atoms with Crippen molar-refractivity contribution in [3.63, 3.8) is 0 Å². The van der Waals surface area contributed by atoms with Crippen LogP contribution in [0.4, 0.5) is 0 Å². The van der Waals surface area contributed by atoms with Crippen LogP contribution in [0.3, 0.4) is 0 Å². The van der Waals surface area contributed by atoms with E-state index in [0.717, 1.165) is 22.0 Å². The quantitative estimate of drug-likeness (QED) is 0.788. The van der Waals surface area contributed by atoms with Crippen LogP contribution in [0.5, 0.6) is 5.75 Å². The van der Waals surface area contributed by atoms with Crippen molar-refractivity contribution < 1.29 is 4.74 Å². The fraction of sp³-hybridized carbons (Fsp3) is 0.250. The maximum Gasteiger partial charge on any atom is 0.128 e. The highest BCUT2D eigenvalue weighted by Crippen LogP contribution is 2.30. The molecule has 0 atom stereocenters. The van der Waals surface area contributed by atoms with Gasteiger partial charge in [-0.2, -0.15) is 0 Å². The van der Waals surface area contributed by atoms with Crippen molar-refractivity contribution in [1.82, 2.24) is 4.98 Å². The van der Waals surface area contributed by atoms with E-state index in [1.165, 1.54) is 0 Å². The van der Waals surface area contributed by atoms with Crippen LogP contribution in [-0.4, -0.2) is 11.6 Å². The van der Waals surface area contributed by atoms with E-state index in [4.69, 9.17) is 4.74 Å². The lowest BCUT2D eigenvalue weighted by molar-refractivity contribution is 0.341. The highest BCUT2D eigenvalue weighted by Gasteiger charge is 2.07. The monoisotopic (exact) mass is 219 g/mol. The van der Waals surface area contributed by atoms with E-state index in [1.807, 2.05) is 38.1 Å². The maximum atomic E-state index is 5.57. The molecule has 0 aliphatic rings. The second-order valence-electron chi connectivity index (χ2n) is 3.18. The number of para-hydroxylation sites is 1.